The van der Waals surface area contributed by atoms with E-state index < -0.39 is 28.4 Å². The number of nitro groups is 1. The molecule has 0 fully saturated rings. The molecule has 0 saturated carbocycles. The summed E-state index contributed by atoms with van der Waals surface area (Å²) in [4.78, 5) is 42.0. The Hall–Kier alpha value is -3.90. The van der Waals surface area contributed by atoms with Crippen LogP contribution < -0.4 is 15.6 Å². The van der Waals surface area contributed by atoms with Crippen LogP contribution in [0.5, 0.6) is 5.75 Å². The molecule has 12 heteroatoms. The number of nitro benzene ring substituents is 1. The predicted octanol–water partition coefficient (Wildman–Crippen LogP) is 6.34. The highest BCUT2D eigenvalue weighted by atomic mass is 79.9. The maximum Gasteiger partial charge on any atom is 0.312 e. The number of anilines is 1. The van der Waals surface area contributed by atoms with E-state index in [1.165, 1.54) is 17.0 Å². The van der Waals surface area contributed by atoms with E-state index in [0.29, 0.717) is 31.4 Å². The van der Waals surface area contributed by atoms with E-state index in [2.05, 4.69) is 47.3 Å². The molecule has 1 N–H and O–H groups in total. The number of carbonyl (C=O) groups excluding carboxylic acids is 1. The van der Waals surface area contributed by atoms with E-state index in [0.717, 1.165) is 5.56 Å². The Labute approximate surface area is 246 Å². The number of halogens is 2. The minimum atomic E-state index is -0.614. The van der Waals surface area contributed by atoms with Crippen molar-refractivity contribution < 1.29 is 14.5 Å². The lowest BCUT2D eigenvalue weighted by Gasteiger charge is -2.21. The van der Waals surface area contributed by atoms with Gasteiger partial charge in [0.05, 0.1) is 22.0 Å². The number of nitrogens with one attached hydrogen (secondary N) is 1. The van der Waals surface area contributed by atoms with Crippen LogP contribution in [0.25, 0.3) is 10.9 Å². The molecule has 4 rings (SSSR count). The van der Waals surface area contributed by atoms with Crippen molar-refractivity contribution in [1.29, 1.82) is 0 Å². The fourth-order valence-corrected chi connectivity index (χ4v) is 4.65. The van der Waals surface area contributed by atoms with Gasteiger partial charge in [0.1, 0.15) is 5.82 Å². The first kappa shape index (κ1) is 29.1. The quantitative estimate of drug-likeness (QED) is 0.139. The Morgan fingerprint density at radius 1 is 1.12 bits per heavy atom. The number of nitrogens with zero attached hydrogens (tertiary/aromatic N) is 4. The van der Waals surface area contributed by atoms with Crippen LogP contribution >= 0.6 is 31.9 Å². The van der Waals surface area contributed by atoms with E-state index in [-0.39, 0.29) is 17.0 Å². The second-order valence-corrected chi connectivity index (χ2v) is 11.8. The van der Waals surface area contributed by atoms with Crippen LogP contribution in [-0.2, 0) is 10.2 Å². The van der Waals surface area contributed by atoms with Crippen molar-refractivity contribution >= 4 is 66.3 Å². The van der Waals surface area contributed by atoms with Gasteiger partial charge in [0, 0.05) is 31.7 Å². The monoisotopic (exact) mass is 669 g/mol. The highest BCUT2D eigenvalue weighted by Gasteiger charge is 2.24. The number of aromatic nitrogens is 2. The molecule has 10 nitrogen and oxygen atoms in total. The third-order valence-electron chi connectivity index (χ3n) is 5.73. The standard InChI is InChI=1S/C28H25Br2N5O5/c1-16-5-8-20(9-6-16)32-24(36)15-40-25-17(11-19(30)13-23(25)35(38)39)14-31-34-26(37)21-12-18(29)7-10-22(21)33-27(34)28(2,3)4/h5-14H,15H2,1-4H3,(H,32,36). The van der Waals surface area contributed by atoms with Crippen LogP contribution in [0.1, 0.15) is 37.7 Å². The van der Waals surface area contributed by atoms with Crippen LogP contribution in [0.3, 0.4) is 0 Å². The van der Waals surface area contributed by atoms with Crippen molar-refractivity contribution in [3.8, 4) is 5.75 Å². The molecule has 40 heavy (non-hydrogen) atoms. The molecule has 0 aliphatic heterocycles. The summed E-state index contributed by atoms with van der Waals surface area (Å²) in [6.45, 7) is 7.13. The van der Waals surface area contributed by atoms with Gasteiger partial charge in [0.25, 0.3) is 11.5 Å². The Morgan fingerprint density at radius 3 is 2.48 bits per heavy atom. The number of rotatable bonds is 7. The predicted molar refractivity (Wildman–Crippen MR) is 161 cm³/mol. The first-order chi connectivity index (χ1) is 18.8. The topological polar surface area (TPSA) is 129 Å². The fraction of sp³-hybridized carbons (Fsp3) is 0.214. The molecule has 0 unspecified atom stereocenters. The molecule has 1 amide bonds. The number of fused-ring (bicyclic) bond motifs is 1. The van der Waals surface area contributed by atoms with E-state index in [1.807, 2.05) is 39.8 Å². The molecule has 0 radical (unpaired) electrons. The number of ether oxygens (including phenoxy) is 1. The summed E-state index contributed by atoms with van der Waals surface area (Å²) in [7, 11) is 0. The van der Waals surface area contributed by atoms with Crippen LogP contribution in [0.4, 0.5) is 11.4 Å². The first-order valence-electron chi connectivity index (χ1n) is 12.1. The van der Waals surface area contributed by atoms with Gasteiger partial charge in [-0.05, 0) is 43.3 Å². The first-order valence-corrected chi connectivity index (χ1v) is 13.7. The average molecular weight is 671 g/mol. The summed E-state index contributed by atoms with van der Waals surface area (Å²) >= 11 is 6.67. The maximum absolute atomic E-state index is 13.5. The minimum Gasteiger partial charge on any atom is -0.476 e. The third-order valence-corrected chi connectivity index (χ3v) is 6.69. The minimum absolute atomic E-state index is 0.169. The smallest absolute Gasteiger partial charge is 0.312 e. The van der Waals surface area contributed by atoms with Crippen molar-refractivity contribution in [2.45, 2.75) is 33.1 Å². The second kappa shape index (κ2) is 11.7. The summed E-state index contributed by atoms with van der Waals surface area (Å²) in [6.07, 6.45) is 1.28. The van der Waals surface area contributed by atoms with E-state index in [4.69, 9.17) is 4.74 Å². The summed E-state index contributed by atoms with van der Waals surface area (Å²) in [5.41, 5.74) is 0.966. The fourth-order valence-electron chi connectivity index (χ4n) is 3.82. The molecule has 1 aromatic heterocycles. The molecule has 0 atom stereocenters. The zero-order valence-corrected chi connectivity index (χ0v) is 25.2. The zero-order valence-electron chi connectivity index (χ0n) is 22.1. The van der Waals surface area contributed by atoms with Gasteiger partial charge in [-0.2, -0.15) is 9.78 Å². The molecule has 0 saturated heterocycles. The van der Waals surface area contributed by atoms with Crippen LogP contribution in [0, 0.1) is 17.0 Å². The van der Waals surface area contributed by atoms with E-state index in [1.54, 1.807) is 36.4 Å². The Kier molecular flexibility index (Phi) is 8.50. The lowest BCUT2D eigenvalue weighted by atomic mass is 9.95. The van der Waals surface area contributed by atoms with Gasteiger partial charge in [-0.3, -0.25) is 19.7 Å². The van der Waals surface area contributed by atoms with Gasteiger partial charge >= 0.3 is 5.69 Å². The maximum atomic E-state index is 13.5. The summed E-state index contributed by atoms with van der Waals surface area (Å²) < 4.78 is 7.94. The number of benzene rings is 3. The molecule has 0 aliphatic rings. The molecule has 3 aromatic carbocycles. The van der Waals surface area contributed by atoms with Crippen molar-refractivity contribution in [1.82, 2.24) is 9.66 Å². The van der Waals surface area contributed by atoms with Crippen molar-refractivity contribution in [2.75, 3.05) is 11.9 Å². The van der Waals surface area contributed by atoms with Crippen LogP contribution in [0.2, 0.25) is 0 Å². The number of hydrogen-bond acceptors (Lipinski definition) is 7. The Morgan fingerprint density at radius 2 is 1.82 bits per heavy atom. The van der Waals surface area contributed by atoms with Crippen molar-refractivity contribution in [3.05, 3.63) is 101 Å². The zero-order chi connectivity index (χ0) is 29.2. The molecule has 206 valence electrons. The van der Waals surface area contributed by atoms with E-state index in [9.17, 15) is 19.7 Å². The van der Waals surface area contributed by atoms with Gasteiger partial charge in [-0.15, -0.1) is 0 Å². The van der Waals surface area contributed by atoms with Gasteiger partial charge in [0.2, 0.25) is 5.75 Å². The Balaban J connectivity index is 1.75. The SMILES string of the molecule is Cc1ccc(NC(=O)COc2c(C=Nn3c(C(C)(C)C)nc4ccc(Br)cc4c3=O)cc(Br)cc2[N+](=O)[O-])cc1. The molecule has 4 aromatic rings. The van der Waals surface area contributed by atoms with Crippen LogP contribution in [-0.4, -0.2) is 33.3 Å². The van der Waals surface area contributed by atoms with Crippen molar-refractivity contribution in [2.24, 2.45) is 5.10 Å². The third kappa shape index (κ3) is 6.62. The molecule has 0 bridgehead atoms. The highest BCUT2D eigenvalue weighted by Crippen LogP contribution is 2.34. The molecule has 0 spiro atoms. The summed E-state index contributed by atoms with van der Waals surface area (Å²) in [6, 6.07) is 15.2. The van der Waals surface area contributed by atoms with Gasteiger partial charge in [-0.1, -0.05) is 70.3 Å². The highest BCUT2D eigenvalue weighted by molar-refractivity contribution is 9.10. The van der Waals surface area contributed by atoms with Crippen molar-refractivity contribution in [3.63, 3.8) is 0 Å². The summed E-state index contributed by atoms with van der Waals surface area (Å²) in [5.74, 6) is -0.273. The molecule has 1 heterocycles. The van der Waals surface area contributed by atoms with Gasteiger partial charge < -0.3 is 10.1 Å². The average Bonchev–Trinajstić information content (AvgIpc) is 2.88. The lowest BCUT2D eigenvalue weighted by Crippen LogP contribution is -2.29. The van der Waals surface area contributed by atoms with Gasteiger partial charge in [-0.25, -0.2) is 4.98 Å². The number of aryl methyl sites for hydroxylation is 1. The molecule has 0 aliphatic carbocycles. The number of carbonyl (C=O) groups is 1. The van der Waals surface area contributed by atoms with E-state index >= 15 is 0 Å². The Bertz CT molecular complexity index is 1710. The number of hydrogen-bond donors (Lipinski definition) is 1. The molecular formula is C28H25Br2N5O5. The normalized spacial score (nSPS) is 11.7. The summed E-state index contributed by atoms with van der Waals surface area (Å²) in [5, 5.41) is 19.3. The van der Waals surface area contributed by atoms with Gasteiger partial charge in [0.15, 0.2) is 6.61 Å². The van der Waals surface area contributed by atoms with Crippen LogP contribution in [0.15, 0.2) is 73.4 Å². The number of amides is 1. The molecular weight excluding hydrogens is 646 g/mol. The lowest BCUT2D eigenvalue weighted by molar-refractivity contribution is -0.385. The second-order valence-electron chi connectivity index (χ2n) is 10.0. The largest absolute Gasteiger partial charge is 0.476 e.